The van der Waals surface area contributed by atoms with Gasteiger partial charge in [-0.2, -0.15) is 5.11 Å². The van der Waals surface area contributed by atoms with E-state index >= 15 is 0 Å². The molecule has 1 heterocycles. The van der Waals surface area contributed by atoms with Crippen LogP contribution in [0.2, 0.25) is 0 Å². The number of azo groups is 1. The summed E-state index contributed by atoms with van der Waals surface area (Å²) in [6, 6.07) is 6.58. The van der Waals surface area contributed by atoms with Crippen LogP contribution in [0.3, 0.4) is 0 Å². The van der Waals surface area contributed by atoms with E-state index in [1.165, 1.54) is 0 Å². The van der Waals surface area contributed by atoms with E-state index in [1.54, 1.807) is 24.3 Å². The Morgan fingerprint density at radius 1 is 0.741 bits per heavy atom. The van der Waals surface area contributed by atoms with E-state index in [0.29, 0.717) is 22.0 Å². The molecule has 0 radical (unpaired) electrons. The van der Waals surface area contributed by atoms with Crippen molar-refractivity contribution in [2.75, 3.05) is 34.4 Å². The van der Waals surface area contributed by atoms with Gasteiger partial charge in [0.1, 0.15) is 17.3 Å². The Hall–Kier alpha value is -4.28. The molecule has 0 aliphatic heterocycles. The van der Waals surface area contributed by atoms with E-state index in [1.807, 2.05) is 0 Å². The highest BCUT2D eigenvalue weighted by atomic mass is 15.1. The summed E-state index contributed by atoms with van der Waals surface area (Å²) in [7, 11) is 0. The summed E-state index contributed by atoms with van der Waals surface area (Å²) in [5.41, 5.74) is 43.0. The lowest BCUT2D eigenvalue weighted by molar-refractivity contribution is 1.22. The summed E-state index contributed by atoms with van der Waals surface area (Å²) in [5.74, 6) is 0.0234. The molecular formula is C16H19N11. The van der Waals surface area contributed by atoms with E-state index in [0.717, 1.165) is 0 Å². The number of amidine groups is 1. The number of nitrogen functional groups attached to an aromatic ring is 7. The normalized spacial score (nSPS) is 11.3. The summed E-state index contributed by atoms with van der Waals surface area (Å²) in [5, 5.41) is 16.3. The van der Waals surface area contributed by atoms with E-state index in [4.69, 9.17) is 45.5 Å². The van der Waals surface area contributed by atoms with E-state index in [-0.39, 0.29) is 45.9 Å². The van der Waals surface area contributed by atoms with Crippen LogP contribution < -0.4 is 40.1 Å². The lowest BCUT2D eigenvalue weighted by Crippen LogP contribution is -2.10. The van der Waals surface area contributed by atoms with E-state index in [2.05, 4.69) is 15.2 Å². The molecule has 0 amide bonds. The largest absolute Gasteiger partial charge is 0.396 e. The fourth-order valence-corrected chi connectivity index (χ4v) is 2.62. The molecule has 138 valence electrons. The number of nitrogens with two attached hydrogens (primary N) is 7. The zero-order chi connectivity index (χ0) is 19.9. The molecule has 3 aromatic rings. The van der Waals surface area contributed by atoms with Crippen molar-refractivity contribution in [3.05, 3.63) is 29.8 Å². The van der Waals surface area contributed by atoms with Crippen molar-refractivity contribution in [1.29, 1.82) is 5.41 Å². The maximum atomic E-state index is 7.40. The van der Waals surface area contributed by atoms with Crippen LogP contribution in [0.1, 0.15) is 5.56 Å². The van der Waals surface area contributed by atoms with Crippen molar-refractivity contribution in [3.8, 4) is 0 Å². The summed E-state index contributed by atoms with van der Waals surface area (Å²) in [6.45, 7) is 0. The topological polar surface area (TPSA) is 244 Å². The van der Waals surface area contributed by atoms with Gasteiger partial charge in [0, 0.05) is 10.9 Å². The minimum absolute atomic E-state index is 0.0133. The molecule has 0 aliphatic carbocycles. The standard InChI is InChI=1S/C16H19N11/c17-9-7-8(10(18)12(20)11(9)19)15(23)25-16(24)13(7)27-26-6-3-1-5(2-4-6)14(21)22/h1-4H,17-20H2,(H3,21,22)(H4,23,24,25)/b27-26+. The summed E-state index contributed by atoms with van der Waals surface area (Å²) in [6.07, 6.45) is 0. The number of aromatic nitrogens is 1. The fraction of sp³-hybridized carbons (Fsp3) is 0. The van der Waals surface area contributed by atoms with Crippen molar-refractivity contribution in [3.63, 3.8) is 0 Å². The SMILES string of the molecule is N=C(N)c1ccc(/N=N/c2c(N)nc(N)c3c(N)c(N)c(N)c(N)c23)cc1. The third-order valence-corrected chi connectivity index (χ3v) is 4.08. The first-order chi connectivity index (χ1) is 12.7. The second kappa shape index (κ2) is 6.22. The predicted octanol–water partition coefficient (Wildman–Crippen LogP) is 1.43. The van der Waals surface area contributed by atoms with Crippen LogP contribution in [0.15, 0.2) is 34.5 Å². The number of pyridine rings is 1. The Morgan fingerprint density at radius 2 is 1.30 bits per heavy atom. The molecule has 0 bridgehead atoms. The molecule has 0 aliphatic rings. The fourth-order valence-electron chi connectivity index (χ4n) is 2.62. The smallest absolute Gasteiger partial charge is 0.154 e. The maximum Gasteiger partial charge on any atom is 0.154 e. The first kappa shape index (κ1) is 17.5. The van der Waals surface area contributed by atoms with Gasteiger partial charge in [-0.15, -0.1) is 5.11 Å². The second-order valence-corrected chi connectivity index (χ2v) is 5.80. The predicted molar refractivity (Wildman–Crippen MR) is 110 cm³/mol. The Labute approximate surface area is 153 Å². The number of fused-ring (bicyclic) bond motifs is 1. The molecule has 27 heavy (non-hydrogen) atoms. The van der Waals surface area contributed by atoms with Crippen molar-refractivity contribution < 1.29 is 0 Å². The summed E-state index contributed by atoms with van der Waals surface area (Å²) in [4.78, 5) is 4.05. The molecule has 2 aromatic carbocycles. The van der Waals surface area contributed by atoms with Gasteiger partial charge in [0.05, 0.1) is 33.8 Å². The maximum absolute atomic E-state index is 7.40. The number of rotatable bonds is 3. The van der Waals surface area contributed by atoms with Crippen LogP contribution in [-0.2, 0) is 0 Å². The Kier molecular flexibility index (Phi) is 4.04. The third-order valence-electron chi connectivity index (χ3n) is 4.08. The number of nitrogens with one attached hydrogen (secondary N) is 1. The molecule has 1 aromatic heterocycles. The van der Waals surface area contributed by atoms with Gasteiger partial charge < -0.3 is 40.1 Å². The van der Waals surface area contributed by atoms with Crippen LogP contribution in [-0.4, -0.2) is 10.8 Å². The van der Waals surface area contributed by atoms with E-state index in [9.17, 15) is 0 Å². The van der Waals surface area contributed by atoms with Crippen molar-refractivity contribution in [1.82, 2.24) is 4.98 Å². The van der Waals surface area contributed by atoms with Crippen LogP contribution in [0, 0.1) is 5.41 Å². The van der Waals surface area contributed by atoms with Crippen LogP contribution >= 0.6 is 0 Å². The van der Waals surface area contributed by atoms with Gasteiger partial charge in [-0.1, -0.05) is 0 Å². The van der Waals surface area contributed by atoms with Gasteiger partial charge in [-0.05, 0) is 24.3 Å². The van der Waals surface area contributed by atoms with Gasteiger partial charge in [0.15, 0.2) is 5.82 Å². The average molecular weight is 365 g/mol. The van der Waals surface area contributed by atoms with Crippen molar-refractivity contribution in [2.45, 2.75) is 0 Å². The molecule has 11 nitrogen and oxygen atoms in total. The highest BCUT2D eigenvalue weighted by Gasteiger charge is 2.20. The molecule has 0 unspecified atom stereocenters. The molecule has 15 N–H and O–H groups in total. The number of anilines is 6. The molecular weight excluding hydrogens is 346 g/mol. The molecule has 0 fully saturated rings. The Morgan fingerprint density at radius 3 is 1.85 bits per heavy atom. The van der Waals surface area contributed by atoms with Crippen LogP contribution in [0.4, 0.5) is 45.8 Å². The molecule has 0 saturated heterocycles. The minimum Gasteiger partial charge on any atom is -0.396 e. The molecule has 0 atom stereocenters. The molecule has 0 saturated carbocycles. The van der Waals surface area contributed by atoms with Crippen molar-refractivity contribution in [2.24, 2.45) is 16.0 Å². The third kappa shape index (κ3) is 2.82. The van der Waals surface area contributed by atoms with Gasteiger partial charge in [0.2, 0.25) is 0 Å². The zero-order valence-electron chi connectivity index (χ0n) is 14.2. The quantitative estimate of drug-likeness (QED) is 0.145. The first-order valence-corrected chi connectivity index (χ1v) is 7.69. The lowest BCUT2D eigenvalue weighted by atomic mass is 10.0. The summed E-state index contributed by atoms with van der Waals surface area (Å²) < 4.78 is 0. The van der Waals surface area contributed by atoms with Gasteiger partial charge in [-0.25, -0.2) is 4.98 Å². The monoisotopic (exact) mass is 365 g/mol. The number of hydrogen-bond acceptors (Lipinski definition) is 10. The van der Waals surface area contributed by atoms with Gasteiger partial charge in [0.25, 0.3) is 0 Å². The number of nitrogens with zero attached hydrogens (tertiary/aromatic N) is 3. The first-order valence-electron chi connectivity index (χ1n) is 7.69. The highest BCUT2D eigenvalue weighted by molar-refractivity contribution is 6.20. The molecule has 3 rings (SSSR count). The zero-order valence-corrected chi connectivity index (χ0v) is 14.2. The number of hydrogen-bond donors (Lipinski definition) is 8. The number of benzene rings is 2. The second-order valence-electron chi connectivity index (χ2n) is 5.80. The van der Waals surface area contributed by atoms with Crippen LogP contribution in [0.25, 0.3) is 10.8 Å². The molecule has 11 heteroatoms. The highest BCUT2D eigenvalue weighted by Crippen LogP contribution is 2.46. The van der Waals surface area contributed by atoms with Crippen molar-refractivity contribution >= 4 is 62.4 Å². The van der Waals surface area contributed by atoms with Gasteiger partial charge in [-0.3, -0.25) is 5.41 Å². The van der Waals surface area contributed by atoms with E-state index < -0.39 is 0 Å². The molecule has 0 spiro atoms. The Balaban J connectivity index is 2.21. The Bertz CT molecular complexity index is 1100. The lowest BCUT2D eigenvalue weighted by Gasteiger charge is -2.16. The average Bonchev–Trinajstić information content (AvgIpc) is 2.63. The minimum atomic E-state index is -0.0484. The summed E-state index contributed by atoms with van der Waals surface area (Å²) >= 11 is 0. The van der Waals surface area contributed by atoms with Gasteiger partial charge >= 0.3 is 0 Å². The van der Waals surface area contributed by atoms with Crippen LogP contribution in [0.5, 0.6) is 0 Å².